The maximum atomic E-state index is 10.6. The number of tetrazole rings is 1. The van der Waals surface area contributed by atoms with E-state index < -0.39 is 5.97 Å². The molecule has 0 saturated heterocycles. The third-order valence-corrected chi connectivity index (χ3v) is 4.64. The van der Waals surface area contributed by atoms with Gasteiger partial charge in [0.2, 0.25) is 0 Å². The van der Waals surface area contributed by atoms with Crippen molar-refractivity contribution in [3.63, 3.8) is 0 Å². The number of hydrogen-bond donors (Lipinski definition) is 1. The van der Waals surface area contributed by atoms with Gasteiger partial charge in [0, 0.05) is 13.0 Å². The monoisotopic (exact) mass is 352 g/mol. The predicted molar refractivity (Wildman–Crippen MR) is 99.5 cm³/mol. The van der Waals surface area contributed by atoms with E-state index >= 15 is 0 Å². The average Bonchev–Trinajstić information content (AvgIpc) is 3.04. The molecule has 1 heterocycles. The van der Waals surface area contributed by atoms with Crippen LogP contribution in [0.3, 0.4) is 0 Å². The molecule has 0 aromatic carbocycles. The van der Waals surface area contributed by atoms with Crippen molar-refractivity contribution in [2.75, 3.05) is 0 Å². The van der Waals surface area contributed by atoms with Gasteiger partial charge >= 0.3 is 5.97 Å². The number of aryl methyl sites for hydroxylation is 2. The van der Waals surface area contributed by atoms with Gasteiger partial charge in [0.15, 0.2) is 5.82 Å². The Morgan fingerprint density at radius 1 is 0.880 bits per heavy atom. The highest BCUT2D eigenvalue weighted by Gasteiger charge is 2.07. The molecule has 0 amide bonds. The molecule has 0 atom stereocenters. The minimum Gasteiger partial charge on any atom is -0.481 e. The minimum atomic E-state index is -0.810. The molecule has 6 heteroatoms. The van der Waals surface area contributed by atoms with Crippen LogP contribution in [0.15, 0.2) is 0 Å². The number of carboxylic acid groups (broad SMARTS) is 1. The second kappa shape index (κ2) is 14.8. The van der Waals surface area contributed by atoms with E-state index in [0.717, 1.165) is 13.0 Å². The van der Waals surface area contributed by atoms with E-state index in [-0.39, 0.29) is 6.42 Å². The summed E-state index contributed by atoms with van der Waals surface area (Å²) in [5.74, 6) is -0.128. The maximum absolute atomic E-state index is 10.6. The molecule has 1 aromatic heterocycles. The fourth-order valence-corrected chi connectivity index (χ4v) is 3.07. The first-order valence-electron chi connectivity index (χ1n) is 10.2. The number of rotatable bonds is 17. The number of hydrogen-bond acceptors (Lipinski definition) is 4. The third-order valence-electron chi connectivity index (χ3n) is 4.64. The van der Waals surface area contributed by atoms with Gasteiger partial charge in [-0.15, -0.1) is 5.10 Å². The highest BCUT2D eigenvalue weighted by molar-refractivity contribution is 5.66. The fourth-order valence-electron chi connectivity index (χ4n) is 3.07. The Hall–Kier alpha value is -1.46. The lowest BCUT2D eigenvalue weighted by molar-refractivity contribution is -0.137. The molecule has 0 unspecified atom stereocenters. The van der Waals surface area contributed by atoms with Crippen LogP contribution >= 0.6 is 0 Å². The Balaban J connectivity index is 1.91. The summed E-state index contributed by atoms with van der Waals surface area (Å²) in [6.45, 7) is 3.06. The first-order valence-corrected chi connectivity index (χ1v) is 10.2. The highest BCUT2D eigenvalue weighted by Crippen LogP contribution is 2.12. The second-order valence-electron chi connectivity index (χ2n) is 6.95. The summed E-state index contributed by atoms with van der Waals surface area (Å²) in [6, 6.07) is 0. The van der Waals surface area contributed by atoms with Gasteiger partial charge in [0.05, 0.1) is 6.42 Å². The summed E-state index contributed by atoms with van der Waals surface area (Å²) in [5, 5.41) is 20.2. The zero-order valence-corrected chi connectivity index (χ0v) is 16.0. The molecule has 1 aromatic rings. The lowest BCUT2D eigenvalue weighted by atomic mass is 10.0. The van der Waals surface area contributed by atoms with Crippen molar-refractivity contribution in [1.29, 1.82) is 0 Å². The van der Waals surface area contributed by atoms with Gasteiger partial charge in [-0.25, -0.2) is 4.68 Å². The van der Waals surface area contributed by atoms with E-state index in [0.29, 0.717) is 12.2 Å². The van der Waals surface area contributed by atoms with E-state index in [1.165, 1.54) is 77.0 Å². The molecule has 0 bridgehead atoms. The number of carboxylic acids is 1. The molecule has 1 N–H and O–H groups in total. The second-order valence-corrected chi connectivity index (χ2v) is 6.95. The van der Waals surface area contributed by atoms with E-state index in [4.69, 9.17) is 5.11 Å². The lowest BCUT2D eigenvalue weighted by Gasteiger charge is -2.04. The van der Waals surface area contributed by atoms with Gasteiger partial charge in [-0.2, -0.15) is 0 Å². The minimum absolute atomic E-state index is 0.0823. The smallest absolute Gasteiger partial charge is 0.303 e. The molecule has 0 aliphatic carbocycles. The van der Waals surface area contributed by atoms with Gasteiger partial charge in [-0.05, 0) is 16.8 Å². The molecular formula is C19H36N4O2. The predicted octanol–water partition coefficient (Wildman–Crippen LogP) is 4.78. The maximum Gasteiger partial charge on any atom is 0.303 e. The molecule has 25 heavy (non-hydrogen) atoms. The molecular weight excluding hydrogens is 316 g/mol. The Morgan fingerprint density at radius 2 is 1.40 bits per heavy atom. The average molecular weight is 353 g/mol. The zero-order chi connectivity index (χ0) is 18.2. The van der Waals surface area contributed by atoms with Crippen molar-refractivity contribution < 1.29 is 9.90 Å². The SMILES string of the molecule is CCCCCCCCCCCCCCCn1nnnc1CCC(=O)O. The summed E-state index contributed by atoms with van der Waals surface area (Å²) < 4.78 is 1.75. The topological polar surface area (TPSA) is 80.9 Å². The molecule has 0 aliphatic heterocycles. The Kier molecular flexibility index (Phi) is 12.8. The van der Waals surface area contributed by atoms with E-state index in [9.17, 15) is 4.79 Å². The van der Waals surface area contributed by atoms with Crippen LogP contribution in [-0.4, -0.2) is 31.3 Å². The van der Waals surface area contributed by atoms with Crippen LogP contribution in [0, 0.1) is 0 Å². The van der Waals surface area contributed by atoms with Crippen LogP contribution < -0.4 is 0 Å². The molecule has 0 saturated carbocycles. The third kappa shape index (κ3) is 11.7. The largest absolute Gasteiger partial charge is 0.481 e. The van der Waals surface area contributed by atoms with Crippen LogP contribution in [0.5, 0.6) is 0 Å². The number of aromatic nitrogens is 4. The molecule has 1 rings (SSSR count). The summed E-state index contributed by atoms with van der Waals surface area (Å²) >= 11 is 0. The standard InChI is InChI=1S/C19H36N4O2/c1-2-3-4-5-6-7-8-9-10-11-12-13-14-17-23-18(20-21-22-23)15-16-19(24)25/h2-17H2,1H3,(H,24,25). The van der Waals surface area contributed by atoms with Crippen molar-refractivity contribution in [2.24, 2.45) is 0 Å². The first-order chi connectivity index (χ1) is 12.2. The normalized spacial score (nSPS) is 11.1. The van der Waals surface area contributed by atoms with Crippen molar-refractivity contribution in [2.45, 2.75) is 110 Å². The summed E-state index contributed by atoms with van der Waals surface area (Å²) in [7, 11) is 0. The quantitative estimate of drug-likeness (QED) is 0.408. The van der Waals surface area contributed by atoms with Crippen LogP contribution in [-0.2, 0) is 17.8 Å². The number of carbonyl (C=O) groups is 1. The van der Waals surface area contributed by atoms with Gasteiger partial charge in [0.1, 0.15) is 0 Å². The van der Waals surface area contributed by atoms with E-state index in [1.807, 2.05) is 0 Å². The van der Waals surface area contributed by atoms with E-state index in [2.05, 4.69) is 22.4 Å². The van der Waals surface area contributed by atoms with Gasteiger partial charge < -0.3 is 5.11 Å². The van der Waals surface area contributed by atoms with Crippen molar-refractivity contribution in [3.8, 4) is 0 Å². The van der Waals surface area contributed by atoms with Crippen LogP contribution in [0.2, 0.25) is 0 Å². The van der Waals surface area contributed by atoms with Gasteiger partial charge in [-0.1, -0.05) is 84.0 Å². The van der Waals surface area contributed by atoms with Crippen molar-refractivity contribution in [3.05, 3.63) is 5.82 Å². The van der Waals surface area contributed by atoms with Crippen LogP contribution in [0.4, 0.5) is 0 Å². The Morgan fingerprint density at radius 3 is 1.92 bits per heavy atom. The van der Waals surface area contributed by atoms with Crippen molar-refractivity contribution >= 4 is 5.97 Å². The molecule has 0 radical (unpaired) electrons. The Bertz CT molecular complexity index is 448. The molecule has 6 nitrogen and oxygen atoms in total. The van der Waals surface area contributed by atoms with Gasteiger partial charge in [-0.3, -0.25) is 4.79 Å². The summed E-state index contributed by atoms with van der Waals surface area (Å²) in [4.78, 5) is 10.6. The summed E-state index contributed by atoms with van der Waals surface area (Å²) in [5.41, 5.74) is 0. The van der Waals surface area contributed by atoms with E-state index in [1.54, 1.807) is 4.68 Å². The van der Waals surface area contributed by atoms with Crippen LogP contribution in [0.1, 0.15) is 103 Å². The number of aliphatic carboxylic acids is 1. The molecule has 0 fully saturated rings. The van der Waals surface area contributed by atoms with Gasteiger partial charge in [0.25, 0.3) is 0 Å². The first kappa shape index (κ1) is 21.6. The summed E-state index contributed by atoms with van der Waals surface area (Å²) in [6.07, 6.45) is 17.8. The Labute approximate surface area is 152 Å². The molecule has 0 aliphatic rings. The lowest BCUT2D eigenvalue weighted by Crippen LogP contribution is -2.08. The number of nitrogens with zero attached hydrogens (tertiary/aromatic N) is 4. The highest BCUT2D eigenvalue weighted by atomic mass is 16.4. The van der Waals surface area contributed by atoms with Crippen LogP contribution in [0.25, 0.3) is 0 Å². The molecule has 0 spiro atoms. The zero-order valence-electron chi connectivity index (χ0n) is 16.0. The van der Waals surface area contributed by atoms with Crippen molar-refractivity contribution in [1.82, 2.24) is 20.2 Å². The number of unbranched alkanes of at least 4 members (excludes halogenated alkanes) is 12. The molecule has 144 valence electrons. The fraction of sp³-hybridized carbons (Fsp3) is 0.895.